The highest BCUT2D eigenvalue weighted by Crippen LogP contribution is 2.53. The van der Waals surface area contributed by atoms with Crippen LogP contribution in [0.15, 0.2) is 12.3 Å². The van der Waals surface area contributed by atoms with Gasteiger partial charge in [0.15, 0.2) is 0 Å². The zero-order chi connectivity index (χ0) is 17.9. The maximum atomic E-state index is 13.4. The summed E-state index contributed by atoms with van der Waals surface area (Å²) >= 11 is 0. The van der Waals surface area contributed by atoms with Gasteiger partial charge in [-0.3, -0.25) is 9.78 Å². The predicted octanol–water partition coefficient (Wildman–Crippen LogP) is 2.10. The molecule has 1 aromatic rings. The van der Waals surface area contributed by atoms with Gasteiger partial charge in [0, 0.05) is 12.7 Å². The van der Waals surface area contributed by atoms with Crippen molar-refractivity contribution < 1.29 is 19.1 Å². The lowest BCUT2D eigenvalue weighted by Crippen LogP contribution is -2.62. The van der Waals surface area contributed by atoms with Gasteiger partial charge in [-0.05, 0) is 62.0 Å². The van der Waals surface area contributed by atoms with Crippen LogP contribution in [0.2, 0.25) is 0 Å². The topological polar surface area (TPSA) is 68.7 Å². The van der Waals surface area contributed by atoms with Gasteiger partial charge in [-0.2, -0.15) is 0 Å². The molecular weight excluding hydrogens is 332 g/mol. The SMILES string of the molecule is COC(=O)c1cnc2c(c1)CCN(C(=O)C13CC4CC(CC(C4)O1)C3)C2. The Balaban J connectivity index is 1.36. The first-order valence-corrected chi connectivity index (χ1v) is 9.59. The van der Waals surface area contributed by atoms with Gasteiger partial charge in [-0.25, -0.2) is 4.79 Å². The Bertz CT molecular complexity index is 740. The van der Waals surface area contributed by atoms with Crippen LogP contribution < -0.4 is 0 Å². The lowest BCUT2D eigenvalue weighted by atomic mass is 9.62. The van der Waals surface area contributed by atoms with Crippen molar-refractivity contribution in [3.05, 3.63) is 29.1 Å². The number of carbonyl (C=O) groups excluding carboxylic acids is 2. The molecule has 0 spiro atoms. The minimum atomic E-state index is -0.585. The second kappa shape index (κ2) is 5.78. The Morgan fingerprint density at radius 3 is 2.73 bits per heavy atom. The summed E-state index contributed by atoms with van der Waals surface area (Å²) in [6, 6.07) is 1.84. The van der Waals surface area contributed by atoms with Gasteiger partial charge in [0.05, 0.1) is 31.0 Å². The number of fused-ring (bicyclic) bond motifs is 1. The lowest BCUT2D eigenvalue weighted by molar-refractivity contribution is -0.226. The molecule has 2 aliphatic carbocycles. The molecule has 4 bridgehead atoms. The van der Waals surface area contributed by atoms with E-state index in [0.717, 1.165) is 36.9 Å². The van der Waals surface area contributed by atoms with Crippen LogP contribution in [-0.4, -0.2) is 47.1 Å². The molecule has 1 amide bonds. The van der Waals surface area contributed by atoms with Crippen molar-refractivity contribution in [2.45, 2.75) is 56.8 Å². The molecule has 2 unspecified atom stereocenters. The average Bonchev–Trinajstić information content (AvgIpc) is 2.65. The Kier molecular flexibility index (Phi) is 3.61. The van der Waals surface area contributed by atoms with Gasteiger partial charge < -0.3 is 14.4 Å². The van der Waals surface area contributed by atoms with Crippen molar-refractivity contribution >= 4 is 11.9 Å². The van der Waals surface area contributed by atoms with Gasteiger partial charge in [-0.15, -0.1) is 0 Å². The quantitative estimate of drug-likeness (QED) is 0.759. The first-order valence-electron chi connectivity index (χ1n) is 9.59. The Labute approximate surface area is 152 Å². The van der Waals surface area contributed by atoms with E-state index in [4.69, 9.17) is 9.47 Å². The largest absolute Gasteiger partial charge is 0.465 e. The second-order valence-corrected chi connectivity index (χ2v) is 8.38. The molecule has 2 saturated heterocycles. The summed E-state index contributed by atoms with van der Waals surface area (Å²) in [5.41, 5.74) is 1.79. The number of amides is 1. The highest BCUT2D eigenvalue weighted by atomic mass is 16.5. The predicted molar refractivity (Wildman–Crippen MR) is 92.4 cm³/mol. The van der Waals surface area contributed by atoms with E-state index in [-0.39, 0.29) is 18.0 Å². The minimum absolute atomic E-state index is 0.154. The summed E-state index contributed by atoms with van der Waals surface area (Å²) in [7, 11) is 1.37. The first kappa shape index (κ1) is 16.2. The Morgan fingerprint density at radius 2 is 2.04 bits per heavy atom. The second-order valence-electron chi connectivity index (χ2n) is 8.38. The summed E-state index contributed by atoms with van der Waals surface area (Å²) in [6.07, 6.45) is 7.84. The molecule has 0 N–H and O–H groups in total. The molecule has 138 valence electrons. The molecule has 0 aromatic carbocycles. The minimum Gasteiger partial charge on any atom is -0.465 e. The van der Waals surface area contributed by atoms with Crippen LogP contribution in [0.4, 0.5) is 0 Å². The Morgan fingerprint density at radius 1 is 1.27 bits per heavy atom. The number of carbonyl (C=O) groups is 2. The monoisotopic (exact) mass is 356 g/mol. The third kappa shape index (κ3) is 2.46. The zero-order valence-electron chi connectivity index (χ0n) is 15.1. The maximum absolute atomic E-state index is 13.4. The van der Waals surface area contributed by atoms with E-state index >= 15 is 0 Å². The smallest absolute Gasteiger partial charge is 0.339 e. The number of hydrogen-bond acceptors (Lipinski definition) is 5. The van der Waals surface area contributed by atoms with Crippen LogP contribution in [-0.2, 0) is 27.2 Å². The van der Waals surface area contributed by atoms with E-state index in [1.54, 1.807) is 6.20 Å². The number of aromatic nitrogens is 1. The number of rotatable bonds is 2. The molecule has 2 atom stereocenters. The van der Waals surface area contributed by atoms with E-state index in [1.165, 1.54) is 13.5 Å². The molecule has 6 heteroatoms. The van der Waals surface area contributed by atoms with Crippen molar-refractivity contribution in [1.82, 2.24) is 9.88 Å². The standard InChI is InChI=1S/C20H24N2O4/c1-25-18(23)15-7-14-2-3-22(11-17(14)21-10-15)19(24)20-8-12-4-13(9-20)6-16(5-12)26-20/h7,10,12-13,16H,2-6,8-9,11H2,1H3. The van der Waals surface area contributed by atoms with Crippen molar-refractivity contribution in [1.29, 1.82) is 0 Å². The highest BCUT2D eigenvalue weighted by Gasteiger charge is 2.57. The molecule has 6 rings (SSSR count). The van der Waals surface area contributed by atoms with E-state index < -0.39 is 5.60 Å². The van der Waals surface area contributed by atoms with Crippen LogP contribution in [0.3, 0.4) is 0 Å². The lowest BCUT2D eigenvalue weighted by Gasteiger charge is -2.56. The summed E-state index contributed by atoms with van der Waals surface area (Å²) in [6.45, 7) is 1.16. The van der Waals surface area contributed by atoms with Crippen LogP contribution in [0.1, 0.15) is 53.7 Å². The summed E-state index contributed by atoms with van der Waals surface area (Å²) in [5, 5.41) is 0. The molecule has 4 fully saturated rings. The Hall–Kier alpha value is -1.95. The van der Waals surface area contributed by atoms with Gasteiger partial charge in [0.25, 0.3) is 5.91 Å². The third-order valence-corrected chi connectivity index (χ3v) is 6.64. The number of ether oxygens (including phenoxy) is 2. The molecule has 26 heavy (non-hydrogen) atoms. The fourth-order valence-electron chi connectivity index (χ4n) is 5.69. The fraction of sp³-hybridized carbons (Fsp3) is 0.650. The van der Waals surface area contributed by atoms with Crippen molar-refractivity contribution in [2.24, 2.45) is 11.8 Å². The van der Waals surface area contributed by atoms with Crippen molar-refractivity contribution in [2.75, 3.05) is 13.7 Å². The number of nitrogens with zero attached hydrogens (tertiary/aromatic N) is 2. The molecular formula is C20H24N2O4. The summed E-state index contributed by atoms with van der Waals surface area (Å²) < 4.78 is 11.1. The molecule has 3 aliphatic heterocycles. The van der Waals surface area contributed by atoms with Crippen LogP contribution in [0.5, 0.6) is 0 Å². The molecule has 1 aromatic heterocycles. The molecule has 4 heterocycles. The number of pyridine rings is 1. The molecule has 2 saturated carbocycles. The van der Waals surface area contributed by atoms with E-state index in [9.17, 15) is 9.59 Å². The summed E-state index contributed by atoms with van der Waals surface area (Å²) in [5.74, 6) is 1.09. The van der Waals surface area contributed by atoms with E-state index in [0.29, 0.717) is 36.9 Å². The molecule has 5 aliphatic rings. The van der Waals surface area contributed by atoms with Crippen molar-refractivity contribution in [3.8, 4) is 0 Å². The van der Waals surface area contributed by atoms with Crippen LogP contribution >= 0.6 is 0 Å². The van der Waals surface area contributed by atoms with Gasteiger partial charge in [0.2, 0.25) is 0 Å². The average molecular weight is 356 g/mol. The van der Waals surface area contributed by atoms with E-state index in [1.807, 2.05) is 11.0 Å². The number of methoxy groups -OCH3 is 1. The number of hydrogen-bond donors (Lipinski definition) is 0. The van der Waals surface area contributed by atoms with Crippen molar-refractivity contribution in [3.63, 3.8) is 0 Å². The molecule has 0 radical (unpaired) electrons. The normalized spacial score (nSPS) is 34.5. The van der Waals surface area contributed by atoms with E-state index in [2.05, 4.69) is 4.98 Å². The third-order valence-electron chi connectivity index (χ3n) is 6.64. The number of esters is 1. The first-order chi connectivity index (χ1) is 12.6. The van der Waals surface area contributed by atoms with Crippen LogP contribution in [0, 0.1) is 11.8 Å². The molecule has 6 nitrogen and oxygen atoms in total. The maximum Gasteiger partial charge on any atom is 0.339 e. The fourth-order valence-corrected chi connectivity index (χ4v) is 5.69. The van der Waals surface area contributed by atoms with Gasteiger partial charge in [0.1, 0.15) is 5.60 Å². The summed E-state index contributed by atoms with van der Waals surface area (Å²) in [4.78, 5) is 31.4. The highest BCUT2D eigenvalue weighted by molar-refractivity contribution is 5.89. The van der Waals surface area contributed by atoms with Gasteiger partial charge in [-0.1, -0.05) is 0 Å². The van der Waals surface area contributed by atoms with Gasteiger partial charge >= 0.3 is 5.97 Å². The zero-order valence-corrected chi connectivity index (χ0v) is 15.1. The van der Waals surface area contributed by atoms with Crippen LogP contribution in [0.25, 0.3) is 0 Å².